The Labute approximate surface area is 216 Å². The fraction of sp³-hybridized carbons (Fsp3) is 0.188. The van der Waals surface area contributed by atoms with Gasteiger partial charge in [-0.25, -0.2) is 0 Å². The van der Waals surface area contributed by atoms with E-state index in [0.717, 1.165) is 25.1 Å². The molecule has 2 nitrogen and oxygen atoms in total. The molecule has 0 aliphatic heterocycles. The summed E-state index contributed by atoms with van der Waals surface area (Å²) in [4.78, 5) is 2.13. The highest BCUT2D eigenvalue weighted by molar-refractivity contribution is 5.85. The summed E-state index contributed by atoms with van der Waals surface area (Å²) >= 11 is 0. The summed E-state index contributed by atoms with van der Waals surface area (Å²) in [5, 5.41) is 0. The van der Waals surface area contributed by atoms with E-state index in [-0.39, 0.29) is 12.4 Å². The summed E-state index contributed by atoms with van der Waals surface area (Å²) < 4.78 is 5.95. The van der Waals surface area contributed by atoms with Gasteiger partial charge in [-0.2, -0.15) is 0 Å². The molecule has 0 aliphatic rings. The molecule has 0 fully saturated rings. The standard InChI is InChI=1S/C32H33NO.ClH/c1-33(2)22-23-34-31-20-18-29(19-21-31)32(28-16-10-5-11-17-28)30(24-26-12-6-3-7-13-26)25-27-14-8-4-9-15-27;/h3-21H,22-25H2,1-2H3;1H. The fourth-order valence-corrected chi connectivity index (χ4v) is 4.17. The average Bonchev–Trinajstić information content (AvgIpc) is 2.87. The van der Waals surface area contributed by atoms with Gasteiger partial charge in [-0.05, 0) is 66.9 Å². The first kappa shape index (κ1) is 26.3. The molecule has 0 unspecified atom stereocenters. The summed E-state index contributed by atoms with van der Waals surface area (Å²) in [6.07, 6.45) is 1.81. The Hall–Kier alpha value is -3.33. The van der Waals surface area contributed by atoms with Gasteiger partial charge in [0.05, 0.1) is 0 Å². The molecule has 0 aliphatic carbocycles. The summed E-state index contributed by atoms with van der Waals surface area (Å²) in [7, 11) is 4.12. The van der Waals surface area contributed by atoms with Crippen molar-refractivity contribution < 1.29 is 4.74 Å². The fourth-order valence-electron chi connectivity index (χ4n) is 4.17. The van der Waals surface area contributed by atoms with Crippen LogP contribution in [0.1, 0.15) is 22.3 Å². The predicted molar refractivity (Wildman–Crippen MR) is 150 cm³/mol. The summed E-state index contributed by atoms with van der Waals surface area (Å²) in [5.41, 5.74) is 7.81. The summed E-state index contributed by atoms with van der Waals surface area (Å²) in [6.45, 7) is 1.58. The van der Waals surface area contributed by atoms with Crippen molar-refractivity contribution in [3.8, 4) is 5.75 Å². The maximum atomic E-state index is 5.95. The third-order valence-electron chi connectivity index (χ3n) is 5.89. The molecule has 0 amide bonds. The van der Waals surface area contributed by atoms with E-state index in [1.54, 1.807) is 0 Å². The number of benzene rings is 4. The lowest BCUT2D eigenvalue weighted by atomic mass is 9.87. The van der Waals surface area contributed by atoms with Crippen molar-refractivity contribution in [1.82, 2.24) is 4.90 Å². The molecule has 4 aromatic carbocycles. The van der Waals surface area contributed by atoms with Gasteiger partial charge in [0.15, 0.2) is 0 Å². The van der Waals surface area contributed by atoms with Crippen LogP contribution in [0, 0.1) is 0 Å². The molecular formula is C32H34ClNO. The van der Waals surface area contributed by atoms with Gasteiger partial charge < -0.3 is 9.64 Å². The molecular weight excluding hydrogens is 450 g/mol. The zero-order chi connectivity index (χ0) is 23.6. The van der Waals surface area contributed by atoms with E-state index in [4.69, 9.17) is 4.74 Å². The molecule has 0 aromatic heterocycles. The molecule has 35 heavy (non-hydrogen) atoms. The molecule has 4 rings (SSSR count). The number of hydrogen-bond donors (Lipinski definition) is 0. The number of rotatable bonds is 10. The summed E-state index contributed by atoms with van der Waals surface area (Å²) in [5.74, 6) is 0.908. The molecule has 0 spiro atoms. The molecule has 4 aromatic rings. The monoisotopic (exact) mass is 483 g/mol. The third-order valence-corrected chi connectivity index (χ3v) is 5.89. The molecule has 0 heterocycles. The van der Waals surface area contributed by atoms with Crippen LogP contribution in [0.2, 0.25) is 0 Å². The topological polar surface area (TPSA) is 12.5 Å². The van der Waals surface area contributed by atoms with Crippen LogP contribution in [0.4, 0.5) is 0 Å². The average molecular weight is 484 g/mol. The van der Waals surface area contributed by atoms with Gasteiger partial charge in [0, 0.05) is 6.54 Å². The minimum atomic E-state index is 0. The molecule has 3 heteroatoms. The van der Waals surface area contributed by atoms with E-state index in [1.807, 2.05) is 0 Å². The van der Waals surface area contributed by atoms with E-state index in [2.05, 4.69) is 134 Å². The van der Waals surface area contributed by atoms with Crippen LogP contribution in [0.25, 0.3) is 5.57 Å². The smallest absolute Gasteiger partial charge is 0.119 e. The number of halogens is 1. The van der Waals surface area contributed by atoms with Crippen molar-refractivity contribution in [2.24, 2.45) is 0 Å². The Kier molecular flexibility index (Phi) is 10.2. The number of allylic oxidation sites excluding steroid dienone is 1. The molecule has 0 N–H and O–H groups in total. The van der Waals surface area contributed by atoms with Crippen LogP contribution in [0.5, 0.6) is 5.75 Å². The van der Waals surface area contributed by atoms with Gasteiger partial charge in [0.1, 0.15) is 12.4 Å². The van der Waals surface area contributed by atoms with Crippen molar-refractivity contribution in [3.63, 3.8) is 0 Å². The first-order valence-electron chi connectivity index (χ1n) is 11.9. The second-order valence-corrected chi connectivity index (χ2v) is 8.85. The number of hydrogen-bond acceptors (Lipinski definition) is 2. The van der Waals surface area contributed by atoms with Gasteiger partial charge in [0.25, 0.3) is 0 Å². The van der Waals surface area contributed by atoms with Gasteiger partial charge in [-0.3, -0.25) is 0 Å². The van der Waals surface area contributed by atoms with Gasteiger partial charge in [-0.15, -0.1) is 12.4 Å². The normalized spacial score (nSPS) is 10.5. The van der Waals surface area contributed by atoms with Crippen LogP contribution in [-0.2, 0) is 12.8 Å². The van der Waals surface area contributed by atoms with Crippen LogP contribution < -0.4 is 4.74 Å². The van der Waals surface area contributed by atoms with E-state index in [9.17, 15) is 0 Å². The lowest BCUT2D eigenvalue weighted by Crippen LogP contribution is -2.19. The zero-order valence-electron chi connectivity index (χ0n) is 20.6. The Morgan fingerprint density at radius 2 is 1.06 bits per heavy atom. The number of likely N-dealkylation sites (N-methyl/N-ethyl adjacent to an activating group) is 1. The Balaban J connectivity index is 0.00000342. The lowest BCUT2D eigenvalue weighted by Gasteiger charge is -2.18. The summed E-state index contributed by atoms with van der Waals surface area (Å²) in [6, 6.07) is 40.9. The minimum absolute atomic E-state index is 0. The van der Waals surface area contributed by atoms with E-state index >= 15 is 0 Å². The Morgan fingerprint density at radius 1 is 0.600 bits per heavy atom. The Bertz CT molecular complexity index is 1130. The minimum Gasteiger partial charge on any atom is -0.492 e. The highest BCUT2D eigenvalue weighted by atomic mass is 35.5. The number of nitrogens with zero attached hydrogens (tertiary/aromatic N) is 1. The molecule has 0 bridgehead atoms. The molecule has 0 saturated heterocycles. The van der Waals surface area contributed by atoms with Gasteiger partial charge in [-0.1, -0.05) is 109 Å². The van der Waals surface area contributed by atoms with E-state index < -0.39 is 0 Å². The van der Waals surface area contributed by atoms with Crippen molar-refractivity contribution in [3.05, 3.63) is 143 Å². The molecule has 0 saturated carbocycles. The maximum Gasteiger partial charge on any atom is 0.119 e. The first-order chi connectivity index (χ1) is 16.7. The van der Waals surface area contributed by atoms with Crippen molar-refractivity contribution >= 4 is 18.0 Å². The van der Waals surface area contributed by atoms with Gasteiger partial charge in [0.2, 0.25) is 0 Å². The lowest BCUT2D eigenvalue weighted by molar-refractivity contribution is 0.261. The second-order valence-electron chi connectivity index (χ2n) is 8.85. The van der Waals surface area contributed by atoms with Crippen molar-refractivity contribution in [2.45, 2.75) is 12.8 Å². The van der Waals surface area contributed by atoms with E-state index in [1.165, 1.54) is 33.4 Å². The van der Waals surface area contributed by atoms with Crippen LogP contribution >= 0.6 is 12.4 Å². The third kappa shape index (κ3) is 7.85. The molecule has 0 radical (unpaired) electrons. The number of ether oxygens (including phenoxy) is 1. The largest absolute Gasteiger partial charge is 0.492 e. The highest BCUT2D eigenvalue weighted by Crippen LogP contribution is 2.32. The maximum absolute atomic E-state index is 5.95. The Morgan fingerprint density at radius 3 is 1.54 bits per heavy atom. The van der Waals surface area contributed by atoms with E-state index in [0.29, 0.717) is 6.61 Å². The van der Waals surface area contributed by atoms with Crippen molar-refractivity contribution in [1.29, 1.82) is 0 Å². The zero-order valence-corrected chi connectivity index (χ0v) is 21.4. The van der Waals surface area contributed by atoms with Crippen molar-refractivity contribution in [2.75, 3.05) is 27.2 Å². The quantitative estimate of drug-likeness (QED) is 0.234. The van der Waals surface area contributed by atoms with Crippen LogP contribution in [-0.4, -0.2) is 32.1 Å². The highest BCUT2D eigenvalue weighted by Gasteiger charge is 2.14. The molecule has 180 valence electrons. The predicted octanol–water partition coefficient (Wildman–Crippen LogP) is 7.34. The van der Waals surface area contributed by atoms with Crippen LogP contribution in [0.15, 0.2) is 121 Å². The second kappa shape index (κ2) is 13.5. The van der Waals surface area contributed by atoms with Gasteiger partial charge >= 0.3 is 0 Å². The SMILES string of the molecule is CN(C)CCOc1ccc(C(=C(Cc2ccccc2)Cc2ccccc2)c2ccccc2)cc1.Cl. The molecule has 0 atom stereocenters. The first-order valence-corrected chi connectivity index (χ1v) is 11.9. The van der Waals surface area contributed by atoms with Crippen LogP contribution in [0.3, 0.4) is 0 Å².